The third kappa shape index (κ3) is 2.91. The summed E-state index contributed by atoms with van der Waals surface area (Å²) in [5.74, 6) is 1.41. The molecule has 0 atom stereocenters. The third-order valence-electron chi connectivity index (χ3n) is 4.33. The highest BCUT2D eigenvalue weighted by atomic mass is 35.5. The van der Waals surface area contributed by atoms with Crippen LogP contribution >= 0.6 is 11.6 Å². The molecule has 0 aliphatic carbocycles. The number of rotatable bonds is 3. The number of nitrogens with one attached hydrogen (secondary N) is 1. The first-order chi connectivity index (χ1) is 12.5. The van der Waals surface area contributed by atoms with Crippen LogP contribution in [-0.4, -0.2) is 20.0 Å². The van der Waals surface area contributed by atoms with Gasteiger partial charge < -0.3 is 5.32 Å². The second-order valence-corrected chi connectivity index (χ2v) is 6.78. The van der Waals surface area contributed by atoms with Gasteiger partial charge in [0, 0.05) is 27.2 Å². The van der Waals surface area contributed by atoms with Crippen LogP contribution in [0.25, 0.3) is 16.6 Å². The quantitative estimate of drug-likeness (QED) is 0.547. The first-order valence-electron chi connectivity index (χ1n) is 8.35. The van der Waals surface area contributed by atoms with Gasteiger partial charge in [0.2, 0.25) is 0 Å². The Morgan fingerprint density at radius 3 is 2.42 bits per heavy atom. The normalized spacial score (nSPS) is 11.1. The maximum Gasteiger partial charge on any atom is 0.183 e. The lowest BCUT2D eigenvalue weighted by atomic mass is 10.1. The van der Waals surface area contributed by atoms with Crippen LogP contribution in [0.5, 0.6) is 0 Å². The van der Waals surface area contributed by atoms with Crippen molar-refractivity contribution in [1.29, 1.82) is 0 Å². The summed E-state index contributed by atoms with van der Waals surface area (Å²) in [4.78, 5) is 0. The Balaban J connectivity index is 1.87. The van der Waals surface area contributed by atoms with Crippen LogP contribution < -0.4 is 5.32 Å². The number of aromatic nitrogens is 4. The smallest absolute Gasteiger partial charge is 0.183 e. The Morgan fingerprint density at radius 2 is 1.69 bits per heavy atom. The second-order valence-electron chi connectivity index (χ2n) is 6.34. The molecule has 2 aromatic heterocycles. The molecule has 0 unspecified atom stereocenters. The molecule has 0 saturated carbocycles. The monoisotopic (exact) mass is 363 g/mol. The van der Waals surface area contributed by atoms with E-state index in [1.165, 1.54) is 0 Å². The van der Waals surface area contributed by atoms with Gasteiger partial charge in [0.1, 0.15) is 0 Å². The summed E-state index contributed by atoms with van der Waals surface area (Å²) in [6.07, 6.45) is 0. The van der Waals surface area contributed by atoms with E-state index in [1.54, 1.807) is 0 Å². The Kier molecular flexibility index (Phi) is 4.09. The largest absolute Gasteiger partial charge is 0.338 e. The van der Waals surface area contributed by atoms with Crippen molar-refractivity contribution in [2.24, 2.45) is 0 Å². The van der Waals surface area contributed by atoms with Gasteiger partial charge in [0.25, 0.3) is 0 Å². The molecule has 0 fully saturated rings. The minimum Gasteiger partial charge on any atom is -0.338 e. The van der Waals surface area contributed by atoms with Crippen molar-refractivity contribution in [2.45, 2.75) is 20.8 Å². The zero-order chi connectivity index (χ0) is 18.3. The van der Waals surface area contributed by atoms with Gasteiger partial charge >= 0.3 is 0 Å². The molecule has 0 aliphatic heterocycles. The minimum absolute atomic E-state index is 0.676. The highest BCUT2D eigenvalue weighted by Crippen LogP contribution is 2.30. The highest BCUT2D eigenvalue weighted by molar-refractivity contribution is 6.30. The van der Waals surface area contributed by atoms with Crippen LogP contribution in [0.4, 0.5) is 11.5 Å². The average Bonchev–Trinajstić information content (AvgIpc) is 2.96. The fourth-order valence-electron chi connectivity index (χ4n) is 3.04. The molecule has 0 radical (unpaired) electrons. The number of aryl methyl sites for hydroxylation is 3. The van der Waals surface area contributed by atoms with Gasteiger partial charge in [0.05, 0.1) is 5.69 Å². The van der Waals surface area contributed by atoms with Crippen LogP contribution in [0.2, 0.25) is 5.02 Å². The predicted molar refractivity (Wildman–Crippen MR) is 106 cm³/mol. The van der Waals surface area contributed by atoms with E-state index in [1.807, 2.05) is 74.0 Å². The lowest BCUT2D eigenvalue weighted by Gasteiger charge is -2.13. The topological polar surface area (TPSA) is 55.6 Å². The van der Waals surface area contributed by atoms with Crippen molar-refractivity contribution in [3.05, 3.63) is 70.5 Å². The predicted octanol–water partition coefficient (Wildman–Crippen LogP) is 5.14. The van der Waals surface area contributed by atoms with Crippen molar-refractivity contribution < 1.29 is 0 Å². The van der Waals surface area contributed by atoms with Gasteiger partial charge in [-0.05, 0) is 44.5 Å². The molecule has 4 rings (SSSR count). The van der Waals surface area contributed by atoms with Gasteiger partial charge in [-0.2, -0.15) is 5.10 Å². The summed E-state index contributed by atoms with van der Waals surface area (Å²) >= 11 is 6.14. The molecule has 0 spiro atoms. The zero-order valence-corrected chi connectivity index (χ0v) is 15.5. The summed E-state index contributed by atoms with van der Waals surface area (Å²) in [5.41, 5.74) is 3.97. The first-order valence-corrected chi connectivity index (χ1v) is 8.73. The maximum absolute atomic E-state index is 6.14. The number of fused-ring (bicyclic) bond motifs is 1. The maximum atomic E-state index is 6.14. The van der Waals surface area contributed by atoms with Crippen molar-refractivity contribution in [3.63, 3.8) is 0 Å². The van der Waals surface area contributed by atoms with E-state index in [-0.39, 0.29) is 0 Å². The number of halogens is 1. The van der Waals surface area contributed by atoms with E-state index >= 15 is 0 Å². The van der Waals surface area contributed by atoms with Crippen molar-refractivity contribution in [1.82, 2.24) is 20.0 Å². The van der Waals surface area contributed by atoms with Crippen molar-refractivity contribution in [3.8, 4) is 5.82 Å². The van der Waals surface area contributed by atoms with Gasteiger partial charge in [-0.15, -0.1) is 10.2 Å². The summed E-state index contributed by atoms with van der Waals surface area (Å²) in [5, 5.41) is 19.4. The summed E-state index contributed by atoms with van der Waals surface area (Å²) in [7, 11) is 0. The Hall–Kier alpha value is -2.92. The van der Waals surface area contributed by atoms with E-state index in [0.717, 1.165) is 39.2 Å². The molecule has 26 heavy (non-hydrogen) atoms. The molecule has 5 nitrogen and oxygen atoms in total. The molecule has 0 bridgehead atoms. The second kappa shape index (κ2) is 6.42. The fourth-order valence-corrected chi connectivity index (χ4v) is 3.21. The fraction of sp³-hybridized carbons (Fsp3) is 0.150. The highest BCUT2D eigenvalue weighted by Gasteiger charge is 2.14. The lowest BCUT2D eigenvalue weighted by Crippen LogP contribution is -2.07. The molecule has 2 heterocycles. The molecule has 2 aromatic carbocycles. The van der Waals surface area contributed by atoms with Gasteiger partial charge in [-0.1, -0.05) is 41.9 Å². The summed E-state index contributed by atoms with van der Waals surface area (Å²) < 4.78 is 1.83. The minimum atomic E-state index is 0.676. The van der Waals surface area contributed by atoms with E-state index < -0.39 is 0 Å². The van der Waals surface area contributed by atoms with Gasteiger partial charge in [-0.25, -0.2) is 4.68 Å². The summed E-state index contributed by atoms with van der Waals surface area (Å²) in [6.45, 7) is 6.01. The molecule has 6 heteroatoms. The standard InChI is InChI=1S/C20H18ClN5/c1-12-8-9-15(21)11-18(12)22-19-16-6-4-5-7-17(16)20(24-23-19)26-14(3)10-13(2)25-26/h4-11H,1-3H3,(H,22,23). The van der Waals surface area contributed by atoms with E-state index in [9.17, 15) is 0 Å². The molecular weight excluding hydrogens is 346 g/mol. The Bertz CT molecular complexity index is 1120. The third-order valence-corrected chi connectivity index (χ3v) is 4.57. The van der Waals surface area contributed by atoms with Gasteiger partial charge in [0.15, 0.2) is 11.6 Å². The number of hydrogen-bond donors (Lipinski definition) is 1. The SMILES string of the molecule is Cc1cc(C)n(-c2nnc(Nc3cc(Cl)ccc3C)c3ccccc23)n1. The average molecular weight is 364 g/mol. The van der Waals surface area contributed by atoms with Crippen LogP contribution in [-0.2, 0) is 0 Å². The van der Waals surface area contributed by atoms with Crippen molar-refractivity contribution in [2.75, 3.05) is 5.32 Å². The molecule has 1 N–H and O–H groups in total. The van der Waals surface area contributed by atoms with E-state index in [2.05, 4.69) is 20.6 Å². The first kappa shape index (κ1) is 16.5. The van der Waals surface area contributed by atoms with Crippen LogP contribution in [0.3, 0.4) is 0 Å². The van der Waals surface area contributed by atoms with E-state index in [0.29, 0.717) is 10.8 Å². The lowest BCUT2D eigenvalue weighted by molar-refractivity contribution is 0.792. The zero-order valence-electron chi connectivity index (χ0n) is 14.8. The molecule has 0 aliphatic rings. The Morgan fingerprint density at radius 1 is 0.923 bits per heavy atom. The van der Waals surface area contributed by atoms with Crippen molar-refractivity contribution >= 4 is 33.9 Å². The van der Waals surface area contributed by atoms with Gasteiger partial charge in [-0.3, -0.25) is 0 Å². The Labute approximate surface area is 156 Å². The molecule has 4 aromatic rings. The molecule has 0 amide bonds. The molecular formula is C20H18ClN5. The number of hydrogen-bond acceptors (Lipinski definition) is 4. The van der Waals surface area contributed by atoms with E-state index in [4.69, 9.17) is 11.6 Å². The van der Waals surface area contributed by atoms with Crippen LogP contribution in [0, 0.1) is 20.8 Å². The number of benzene rings is 2. The molecule has 0 saturated heterocycles. The van der Waals surface area contributed by atoms with Crippen LogP contribution in [0.15, 0.2) is 48.5 Å². The summed E-state index contributed by atoms with van der Waals surface area (Å²) in [6, 6.07) is 15.8. The molecule has 130 valence electrons. The van der Waals surface area contributed by atoms with Crippen LogP contribution in [0.1, 0.15) is 17.0 Å². The number of nitrogens with zero attached hydrogens (tertiary/aromatic N) is 4. The number of anilines is 2.